The van der Waals surface area contributed by atoms with Crippen LogP contribution in [-0.4, -0.2) is 18.0 Å². The smallest absolute Gasteiger partial charge is 0.249 e. The Morgan fingerprint density at radius 3 is 2.42 bits per heavy atom. The fraction of sp³-hybridized carbons (Fsp3) is 0.118. The van der Waals surface area contributed by atoms with Crippen molar-refractivity contribution in [3.63, 3.8) is 0 Å². The van der Waals surface area contributed by atoms with Crippen LogP contribution < -0.4 is 10.7 Å². The van der Waals surface area contributed by atoms with Crippen LogP contribution in [0.15, 0.2) is 47.6 Å². The number of carbonyl (C=O) groups excluding carboxylic acids is 2. The van der Waals surface area contributed by atoms with E-state index in [9.17, 15) is 9.59 Å². The van der Waals surface area contributed by atoms with Crippen molar-refractivity contribution in [2.75, 3.05) is 5.32 Å². The van der Waals surface area contributed by atoms with E-state index in [1.165, 1.54) is 12.3 Å². The van der Waals surface area contributed by atoms with E-state index in [0.29, 0.717) is 15.7 Å². The molecule has 124 valence electrons. The number of hydrazone groups is 1. The minimum atomic E-state index is -0.518. The molecular formula is C17H15Cl2N3O2. The molecule has 0 fully saturated rings. The van der Waals surface area contributed by atoms with Gasteiger partial charge in [-0.3, -0.25) is 9.59 Å². The normalized spacial score (nSPS) is 10.6. The Kier molecular flexibility index (Phi) is 6.35. The molecule has 0 aliphatic rings. The molecule has 0 saturated heterocycles. The minimum absolute atomic E-state index is 0.321. The Bertz CT molecular complexity index is 774. The standard InChI is InChI=1S/C17H15Cl2N3O2/c1-11-2-4-12(5-3-11)10-20-22-17(24)9-16(23)21-13-6-7-14(18)15(19)8-13/h2-8,10H,9H2,1H3,(H,21,23)(H,22,24)/b20-10-. The third-order valence-electron chi connectivity index (χ3n) is 3.00. The van der Waals surface area contributed by atoms with E-state index < -0.39 is 11.8 Å². The zero-order chi connectivity index (χ0) is 17.5. The summed E-state index contributed by atoms with van der Waals surface area (Å²) in [5.74, 6) is -0.993. The SMILES string of the molecule is Cc1ccc(/C=N\NC(=O)CC(=O)Nc2ccc(Cl)c(Cl)c2)cc1. The second-order valence-electron chi connectivity index (χ2n) is 5.06. The lowest BCUT2D eigenvalue weighted by atomic mass is 10.2. The van der Waals surface area contributed by atoms with Crippen molar-refractivity contribution in [1.29, 1.82) is 0 Å². The van der Waals surface area contributed by atoms with E-state index in [2.05, 4.69) is 15.8 Å². The number of halogens is 2. The summed E-state index contributed by atoms with van der Waals surface area (Å²) in [5, 5.41) is 7.08. The number of nitrogens with zero attached hydrogens (tertiary/aromatic N) is 1. The summed E-state index contributed by atoms with van der Waals surface area (Å²) in [5.41, 5.74) is 4.75. The number of nitrogens with one attached hydrogen (secondary N) is 2. The van der Waals surface area contributed by atoms with Crippen molar-refractivity contribution in [3.8, 4) is 0 Å². The van der Waals surface area contributed by atoms with E-state index >= 15 is 0 Å². The van der Waals surface area contributed by atoms with Crippen LogP contribution in [0.2, 0.25) is 10.0 Å². The quantitative estimate of drug-likeness (QED) is 0.482. The van der Waals surface area contributed by atoms with E-state index in [0.717, 1.165) is 11.1 Å². The molecule has 5 nitrogen and oxygen atoms in total. The average Bonchev–Trinajstić information content (AvgIpc) is 2.53. The second-order valence-corrected chi connectivity index (χ2v) is 5.87. The summed E-state index contributed by atoms with van der Waals surface area (Å²) >= 11 is 11.7. The van der Waals surface area contributed by atoms with Crippen molar-refractivity contribution < 1.29 is 9.59 Å². The van der Waals surface area contributed by atoms with Gasteiger partial charge in [-0.05, 0) is 30.7 Å². The summed E-state index contributed by atoms with van der Waals surface area (Å²) < 4.78 is 0. The third kappa shape index (κ3) is 5.68. The van der Waals surface area contributed by atoms with Crippen molar-refractivity contribution in [3.05, 3.63) is 63.6 Å². The number of benzene rings is 2. The summed E-state index contributed by atoms with van der Waals surface area (Å²) in [6, 6.07) is 12.3. The monoisotopic (exact) mass is 363 g/mol. The molecule has 7 heteroatoms. The highest BCUT2D eigenvalue weighted by Crippen LogP contribution is 2.24. The van der Waals surface area contributed by atoms with Crippen molar-refractivity contribution in [1.82, 2.24) is 5.43 Å². The first-order valence-corrected chi connectivity index (χ1v) is 7.83. The minimum Gasteiger partial charge on any atom is -0.326 e. The van der Waals surface area contributed by atoms with Gasteiger partial charge in [-0.15, -0.1) is 0 Å². The molecule has 2 aromatic carbocycles. The first-order chi connectivity index (χ1) is 11.4. The Hall–Kier alpha value is -2.37. The summed E-state index contributed by atoms with van der Waals surface area (Å²) in [6.45, 7) is 1.98. The number of amides is 2. The lowest BCUT2D eigenvalue weighted by Crippen LogP contribution is -2.24. The van der Waals surface area contributed by atoms with Crippen molar-refractivity contribution >= 4 is 46.9 Å². The topological polar surface area (TPSA) is 70.6 Å². The molecule has 2 aromatic rings. The zero-order valence-corrected chi connectivity index (χ0v) is 14.4. The number of carbonyl (C=O) groups is 2. The van der Waals surface area contributed by atoms with E-state index in [4.69, 9.17) is 23.2 Å². The van der Waals surface area contributed by atoms with Crippen LogP contribution in [0.25, 0.3) is 0 Å². The number of hydrogen-bond donors (Lipinski definition) is 2. The molecule has 0 heterocycles. The van der Waals surface area contributed by atoms with Gasteiger partial charge in [-0.2, -0.15) is 5.10 Å². The second kappa shape index (κ2) is 8.47. The summed E-state index contributed by atoms with van der Waals surface area (Å²) in [4.78, 5) is 23.5. The van der Waals surface area contributed by atoms with Crippen molar-refractivity contribution in [2.24, 2.45) is 5.10 Å². The zero-order valence-electron chi connectivity index (χ0n) is 12.8. The van der Waals surface area contributed by atoms with E-state index in [-0.39, 0.29) is 6.42 Å². The lowest BCUT2D eigenvalue weighted by molar-refractivity contribution is -0.126. The van der Waals surface area contributed by atoms with Gasteiger partial charge in [0.25, 0.3) is 0 Å². The molecule has 0 atom stereocenters. The van der Waals surface area contributed by atoms with Gasteiger partial charge in [0.1, 0.15) is 6.42 Å². The molecule has 2 N–H and O–H groups in total. The van der Waals surface area contributed by atoms with Crippen LogP contribution in [-0.2, 0) is 9.59 Å². The first-order valence-electron chi connectivity index (χ1n) is 7.07. The van der Waals surface area contributed by atoms with Crippen LogP contribution in [0.4, 0.5) is 5.69 Å². The molecule has 0 aromatic heterocycles. The Morgan fingerprint density at radius 2 is 1.75 bits per heavy atom. The highest BCUT2D eigenvalue weighted by atomic mass is 35.5. The maximum atomic E-state index is 11.8. The third-order valence-corrected chi connectivity index (χ3v) is 3.74. The lowest BCUT2D eigenvalue weighted by Gasteiger charge is -2.05. The Balaban J connectivity index is 1.81. The summed E-state index contributed by atoms with van der Waals surface area (Å²) in [7, 11) is 0. The molecule has 24 heavy (non-hydrogen) atoms. The highest BCUT2D eigenvalue weighted by Gasteiger charge is 2.09. The first kappa shape index (κ1) is 18.0. The molecule has 0 aliphatic heterocycles. The number of anilines is 1. The van der Waals surface area contributed by atoms with Gasteiger partial charge in [0.05, 0.1) is 16.3 Å². The average molecular weight is 364 g/mol. The number of hydrogen-bond acceptors (Lipinski definition) is 3. The predicted molar refractivity (Wildman–Crippen MR) is 96.6 cm³/mol. The molecule has 0 radical (unpaired) electrons. The molecule has 0 spiro atoms. The maximum Gasteiger partial charge on any atom is 0.249 e. The molecule has 2 amide bonds. The molecule has 0 unspecified atom stereocenters. The number of rotatable bonds is 5. The van der Waals surface area contributed by atoms with Gasteiger partial charge in [-0.1, -0.05) is 53.0 Å². The Labute approximate surface area is 149 Å². The van der Waals surface area contributed by atoms with E-state index in [1.807, 2.05) is 31.2 Å². The van der Waals surface area contributed by atoms with Crippen LogP contribution in [0.1, 0.15) is 17.5 Å². The van der Waals surface area contributed by atoms with Gasteiger partial charge in [0.2, 0.25) is 11.8 Å². The van der Waals surface area contributed by atoms with Crippen molar-refractivity contribution in [2.45, 2.75) is 13.3 Å². The molecule has 0 saturated carbocycles. The van der Waals surface area contributed by atoms with Gasteiger partial charge in [-0.25, -0.2) is 5.43 Å². The van der Waals surface area contributed by atoms with Gasteiger partial charge in [0.15, 0.2) is 0 Å². The van der Waals surface area contributed by atoms with Gasteiger partial charge < -0.3 is 5.32 Å². The molecule has 0 bridgehead atoms. The van der Waals surface area contributed by atoms with Crippen LogP contribution >= 0.6 is 23.2 Å². The predicted octanol–water partition coefficient (Wildman–Crippen LogP) is 3.78. The fourth-order valence-corrected chi connectivity index (χ4v) is 2.09. The summed E-state index contributed by atoms with van der Waals surface area (Å²) in [6.07, 6.45) is 1.15. The van der Waals surface area contributed by atoms with Gasteiger partial charge in [0, 0.05) is 5.69 Å². The highest BCUT2D eigenvalue weighted by molar-refractivity contribution is 6.42. The van der Waals surface area contributed by atoms with E-state index in [1.54, 1.807) is 12.1 Å². The number of aryl methyl sites for hydroxylation is 1. The fourth-order valence-electron chi connectivity index (χ4n) is 1.80. The largest absolute Gasteiger partial charge is 0.326 e. The molecule has 2 rings (SSSR count). The van der Waals surface area contributed by atoms with Crippen LogP contribution in [0, 0.1) is 6.92 Å². The molecule has 0 aliphatic carbocycles. The maximum absolute atomic E-state index is 11.8. The Morgan fingerprint density at radius 1 is 1.04 bits per heavy atom. The van der Waals surface area contributed by atoms with Crippen LogP contribution in [0.5, 0.6) is 0 Å². The van der Waals surface area contributed by atoms with Crippen LogP contribution in [0.3, 0.4) is 0 Å². The van der Waals surface area contributed by atoms with Gasteiger partial charge >= 0.3 is 0 Å². The molecular weight excluding hydrogens is 349 g/mol.